The Balaban J connectivity index is 1.81. The Hall–Kier alpha value is -1.95. The number of halogens is 1. The SMILES string of the molecule is CCCS(CCC)(CCC)c1ncc(C(O)(c2ccc(Cl)cc2)C2(Oc3ccccc3)CC2)o1. The van der Waals surface area contributed by atoms with Crippen LogP contribution in [-0.2, 0) is 5.60 Å². The van der Waals surface area contributed by atoms with Crippen LogP contribution in [0.2, 0.25) is 5.02 Å². The lowest BCUT2D eigenvalue weighted by Gasteiger charge is -2.37. The maximum Gasteiger partial charge on any atom is 0.238 e. The van der Waals surface area contributed by atoms with Crippen LogP contribution >= 0.6 is 21.6 Å². The highest BCUT2D eigenvalue weighted by molar-refractivity contribution is 8.33. The predicted molar refractivity (Wildman–Crippen MR) is 141 cm³/mol. The number of nitrogens with zero attached hydrogens (tertiary/aromatic N) is 1. The fraction of sp³-hybridized carbons (Fsp3) is 0.464. The summed E-state index contributed by atoms with van der Waals surface area (Å²) in [6.45, 7) is 6.69. The first-order valence-electron chi connectivity index (χ1n) is 12.4. The monoisotopic (exact) mass is 501 g/mol. The number of aromatic nitrogens is 1. The van der Waals surface area contributed by atoms with Crippen molar-refractivity contribution in [3.8, 4) is 5.75 Å². The van der Waals surface area contributed by atoms with Gasteiger partial charge in [0.15, 0.2) is 11.4 Å². The number of hydrogen-bond donors (Lipinski definition) is 1. The summed E-state index contributed by atoms with van der Waals surface area (Å²) in [4.78, 5) is 4.83. The van der Waals surface area contributed by atoms with E-state index in [4.69, 9.17) is 25.7 Å². The molecule has 1 saturated carbocycles. The number of oxazole rings is 1. The Morgan fingerprint density at radius 2 is 1.56 bits per heavy atom. The molecule has 0 saturated heterocycles. The number of hydrogen-bond acceptors (Lipinski definition) is 4. The summed E-state index contributed by atoms with van der Waals surface area (Å²) in [6.07, 6.45) is 6.45. The van der Waals surface area contributed by atoms with Crippen molar-refractivity contribution in [2.24, 2.45) is 0 Å². The Morgan fingerprint density at radius 3 is 2.09 bits per heavy atom. The van der Waals surface area contributed by atoms with Crippen LogP contribution < -0.4 is 4.74 Å². The van der Waals surface area contributed by atoms with Crippen LogP contribution in [0.1, 0.15) is 64.2 Å². The van der Waals surface area contributed by atoms with E-state index in [0.29, 0.717) is 29.2 Å². The topological polar surface area (TPSA) is 55.5 Å². The minimum Gasteiger partial charge on any atom is -0.483 e. The second-order valence-electron chi connectivity index (χ2n) is 9.27. The van der Waals surface area contributed by atoms with E-state index in [9.17, 15) is 5.11 Å². The first-order chi connectivity index (χ1) is 16.4. The number of ether oxygens (including phenoxy) is 1. The van der Waals surface area contributed by atoms with E-state index in [0.717, 1.165) is 47.5 Å². The Labute approximate surface area is 210 Å². The van der Waals surface area contributed by atoms with E-state index >= 15 is 0 Å². The van der Waals surface area contributed by atoms with Gasteiger partial charge in [0.1, 0.15) is 11.4 Å². The third-order valence-corrected chi connectivity index (χ3v) is 11.4. The highest BCUT2D eigenvalue weighted by atomic mass is 35.5. The van der Waals surface area contributed by atoms with Crippen LogP contribution in [0, 0.1) is 0 Å². The van der Waals surface area contributed by atoms with Gasteiger partial charge in [-0.15, -0.1) is 0 Å². The molecule has 0 spiro atoms. The summed E-state index contributed by atoms with van der Waals surface area (Å²) in [6, 6.07) is 17.0. The standard InChI is InChI=1S/C28H36ClNO3S/c1-4-18-34(19-5-2,20-6-3)26-30-21-25(32-26)28(31,22-12-14-23(29)15-13-22)27(16-17-27)33-24-10-8-7-9-11-24/h7-15,21,31H,4-6,16-20H2,1-3H3. The van der Waals surface area contributed by atoms with Crippen LogP contribution in [0.5, 0.6) is 5.75 Å². The van der Waals surface area contributed by atoms with Crippen LogP contribution in [0.25, 0.3) is 0 Å². The van der Waals surface area contributed by atoms with Gasteiger partial charge < -0.3 is 14.3 Å². The average molecular weight is 502 g/mol. The van der Waals surface area contributed by atoms with Crippen LogP contribution in [-0.4, -0.2) is 33.0 Å². The largest absolute Gasteiger partial charge is 0.483 e. The Morgan fingerprint density at radius 1 is 0.971 bits per heavy atom. The van der Waals surface area contributed by atoms with Gasteiger partial charge >= 0.3 is 0 Å². The molecule has 1 aliphatic rings. The number of rotatable bonds is 12. The molecule has 1 aliphatic carbocycles. The number of aliphatic hydroxyl groups is 1. The molecule has 1 atom stereocenters. The molecule has 6 heteroatoms. The van der Waals surface area contributed by atoms with Crippen molar-refractivity contribution >= 4 is 21.6 Å². The van der Waals surface area contributed by atoms with E-state index in [1.54, 1.807) is 18.3 Å². The molecule has 1 unspecified atom stereocenters. The summed E-state index contributed by atoms with van der Waals surface area (Å²) in [5.74, 6) is 4.48. The number of para-hydroxylation sites is 1. The first-order valence-corrected chi connectivity index (χ1v) is 14.9. The predicted octanol–water partition coefficient (Wildman–Crippen LogP) is 7.57. The lowest BCUT2D eigenvalue weighted by atomic mass is 9.84. The quantitative estimate of drug-likeness (QED) is 0.278. The van der Waals surface area contributed by atoms with Gasteiger partial charge in [-0.25, -0.2) is 4.98 Å². The molecule has 2 aromatic carbocycles. The third-order valence-electron chi connectivity index (χ3n) is 6.68. The zero-order chi connectivity index (χ0) is 24.2. The normalized spacial score (nSPS) is 17.2. The second kappa shape index (κ2) is 10.3. The van der Waals surface area contributed by atoms with Gasteiger partial charge in [0.2, 0.25) is 5.22 Å². The van der Waals surface area contributed by atoms with Gasteiger partial charge in [-0.05, 0) is 79.2 Å². The van der Waals surface area contributed by atoms with Gasteiger partial charge in [0, 0.05) is 5.02 Å². The van der Waals surface area contributed by atoms with Gasteiger partial charge in [-0.3, -0.25) is 0 Å². The first kappa shape index (κ1) is 25.2. The van der Waals surface area contributed by atoms with E-state index in [1.807, 2.05) is 42.5 Å². The molecule has 184 valence electrons. The van der Waals surface area contributed by atoms with Gasteiger partial charge in [0.25, 0.3) is 0 Å². The van der Waals surface area contributed by atoms with E-state index in [2.05, 4.69) is 20.8 Å². The summed E-state index contributed by atoms with van der Waals surface area (Å²) < 4.78 is 13.1. The molecule has 1 N–H and O–H groups in total. The molecule has 4 rings (SSSR count). The molecule has 3 aromatic rings. The fourth-order valence-corrected chi connectivity index (χ4v) is 9.20. The lowest BCUT2D eigenvalue weighted by Crippen LogP contribution is -2.46. The fourth-order valence-electron chi connectivity index (χ4n) is 5.05. The third kappa shape index (κ3) is 4.62. The zero-order valence-corrected chi connectivity index (χ0v) is 22.0. The summed E-state index contributed by atoms with van der Waals surface area (Å²) in [7, 11) is -1.19. The summed E-state index contributed by atoms with van der Waals surface area (Å²) in [5, 5.41) is 13.9. The minimum absolute atomic E-state index is 0.457. The van der Waals surface area contributed by atoms with Crippen molar-refractivity contribution in [1.29, 1.82) is 0 Å². The highest BCUT2D eigenvalue weighted by Crippen LogP contribution is 2.60. The van der Waals surface area contributed by atoms with Crippen molar-refractivity contribution < 1.29 is 14.3 Å². The van der Waals surface area contributed by atoms with E-state index in [1.165, 1.54) is 0 Å². The lowest BCUT2D eigenvalue weighted by molar-refractivity contribution is -0.0683. The van der Waals surface area contributed by atoms with Crippen molar-refractivity contribution in [1.82, 2.24) is 4.98 Å². The molecular formula is C28H36ClNO3S. The highest BCUT2D eigenvalue weighted by Gasteiger charge is 2.65. The molecular weight excluding hydrogens is 466 g/mol. The average Bonchev–Trinajstić information content (AvgIpc) is 3.44. The van der Waals surface area contributed by atoms with E-state index in [-0.39, 0.29) is 0 Å². The molecule has 1 fully saturated rings. The van der Waals surface area contributed by atoms with Crippen molar-refractivity contribution in [2.45, 2.75) is 69.3 Å². The van der Waals surface area contributed by atoms with E-state index < -0.39 is 21.2 Å². The molecule has 1 aromatic heterocycles. The maximum absolute atomic E-state index is 12.5. The molecule has 0 amide bonds. The molecule has 1 heterocycles. The molecule has 0 bridgehead atoms. The number of benzene rings is 2. The van der Waals surface area contributed by atoms with Gasteiger partial charge in [-0.1, -0.05) is 62.7 Å². The van der Waals surface area contributed by atoms with Crippen LogP contribution in [0.4, 0.5) is 0 Å². The maximum atomic E-state index is 12.5. The summed E-state index contributed by atoms with van der Waals surface area (Å²) >= 11 is 6.19. The Kier molecular flexibility index (Phi) is 7.66. The van der Waals surface area contributed by atoms with Crippen molar-refractivity contribution in [2.75, 3.05) is 17.3 Å². The van der Waals surface area contributed by atoms with Crippen LogP contribution in [0.15, 0.2) is 70.4 Å². The Bertz CT molecular complexity index is 1050. The van der Waals surface area contributed by atoms with Crippen LogP contribution in [0.3, 0.4) is 0 Å². The zero-order valence-electron chi connectivity index (χ0n) is 20.4. The van der Waals surface area contributed by atoms with Crippen molar-refractivity contribution in [3.63, 3.8) is 0 Å². The molecule has 0 aliphatic heterocycles. The summed E-state index contributed by atoms with van der Waals surface area (Å²) in [5.41, 5.74) is -1.60. The van der Waals surface area contributed by atoms with Crippen molar-refractivity contribution in [3.05, 3.63) is 77.1 Å². The molecule has 0 radical (unpaired) electrons. The second-order valence-corrected chi connectivity index (χ2v) is 13.4. The van der Waals surface area contributed by atoms with Gasteiger partial charge in [0.05, 0.1) is 6.20 Å². The van der Waals surface area contributed by atoms with Gasteiger partial charge in [-0.2, -0.15) is 10.0 Å². The molecule has 34 heavy (non-hydrogen) atoms. The minimum atomic E-state index is -1.48. The molecule has 4 nitrogen and oxygen atoms in total. The smallest absolute Gasteiger partial charge is 0.238 e.